The van der Waals surface area contributed by atoms with E-state index in [0.717, 1.165) is 54.8 Å². The Morgan fingerprint density at radius 1 is 0.567 bits per heavy atom. The predicted molar refractivity (Wildman–Crippen MR) is 350 cm³/mol. The van der Waals surface area contributed by atoms with Crippen molar-refractivity contribution in [1.82, 2.24) is 62.9 Å². The SMILES string of the molecule is CCCCCCCC/C=C\CCCCCCCC(=O)NCCCNC(=O)/C=N/NCC(=O)N[C@@H](CCCC)C(=O)N[C@@H](C)C(=O)N[C@@H](Cc1cnc[nH]1)C(=O)N[C@H](Cc1ccccc1)C(=O)N[C@@H](CCCCN)C(=O)N[C@@H](Cc1c[nH]c2ccccc12)C(N)=O. The highest BCUT2D eigenvalue weighted by Gasteiger charge is 2.33. The van der Waals surface area contributed by atoms with Gasteiger partial charge in [0.1, 0.15) is 49.0 Å². The van der Waals surface area contributed by atoms with E-state index in [4.69, 9.17) is 11.5 Å². The van der Waals surface area contributed by atoms with Crippen molar-refractivity contribution in [3.63, 3.8) is 0 Å². The van der Waals surface area contributed by atoms with Crippen molar-refractivity contribution < 1.29 is 43.2 Å². The number of carbonyl (C=O) groups is 9. The first-order chi connectivity index (χ1) is 43.6. The number of carbonyl (C=O) groups excluding carboxylic acids is 9. The molecule has 0 saturated heterocycles. The average Bonchev–Trinajstić information content (AvgIpc) is 1.80. The second-order valence-corrected chi connectivity index (χ2v) is 22.9. The third kappa shape index (κ3) is 30.2. The molecule has 2 aromatic carbocycles. The molecule has 15 N–H and O–H groups in total. The van der Waals surface area contributed by atoms with Crippen LogP contribution >= 0.6 is 0 Å². The normalized spacial score (nSPS) is 13.3. The number of imidazole rings is 1. The van der Waals surface area contributed by atoms with E-state index >= 15 is 0 Å². The summed E-state index contributed by atoms with van der Waals surface area (Å²) in [6.07, 6.45) is 29.2. The first kappa shape index (κ1) is 74.1. The van der Waals surface area contributed by atoms with Crippen molar-refractivity contribution in [2.24, 2.45) is 16.6 Å². The van der Waals surface area contributed by atoms with Gasteiger partial charge in [0.15, 0.2) is 0 Å². The van der Waals surface area contributed by atoms with E-state index in [2.05, 4.69) is 87.1 Å². The summed E-state index contributed by atoms with van der Waals surface area (Å²) in [5, 5.41) is 26.6. The van der Waals surface area contributed by atoms with Crippen LogP contribution in [0.4, 0.5) is 0 Å². The van der Waals surface area contributed by atoms with Crippen molar-refractivity contribution >= 4 is 70.3 Å². The van der Waals surface area contributed by atoms with Gasteiger partial charge in [-0.25, -0.2) is 4.98 Å². The highest BCUT2D eigenvalue weighted by atomic mass is 16.2. The molecule has 0 spiro atoms. The van der Waals surface area contributed by atoms with Crippen LogP contribution in [0.2, 0.25) is 0 Å². The Labute approximate surface area is 530 Å². The number of fused-ring (bicyclic) bond motifs is 1. The molecule has 4 rings (SSSR count). The number of hydrogen-bond acceptors (Lipinski definition) is 13. The molecule has 24 nitrogen and oxygen atoms in total. The number of para-hydroxylation sites is 1. The van der Waals surface area contributed by atoms with Crippen molar-refractivity contribution in [2.75, 3.05) is 26.2 Å². The molecule has 90 heavy (non-hydrogen) atoms. The highest BCUT2D eigenvalue weighted by Crippen LogP contribution is 2.20. The lowest BCUT2D eigenvalue weighted by Gasteiger charge is -2.27. The number of unbranched alkanes of at least 4 members (excludes halogenated alkanes) is 13. The second-order valence-electron chi connectivity index (χ2n) is 22.9. The van der Waals surface area contributed by atoms with Gasteiger partial charge in [0, 0.05) is 67.8 Å². The Morgan fingerprint density at radius 3 is 1.84 bits per heavy atom. The molecule has 9 amide bonds. The first-order valence-corrected chi connectivity index (χ1v) is 32.4. The van der Waals surface area contributed by atoms with E-state index in [-0.39, 0.29) is 44.6 Å². The molecule has 24 heteroatoms. The van der Waals surface area contributed by atoms with Gasteiger partial charge in [-0.1, -0.05) is 139 Å². The van der Waals surface area contributed by atoms with Gasteiger partial charge in [0.2, 0.25) is 47.3 Å². The molecular weight excluding hydrogens is 1150 g/mol. The molecule has 0 bridgehead atoms. The van der Waals surface area contributed by atoms with Gasteiger partial charge in [-0.05, 0) is 94.9 Å². The van der Waals surface area contributed by atoms with Crippen molar-refractivity contribution in [3.8, 4) is 0 Å². The summed E-state index contributed by atoms with van der Waals surface area (Å²) >= 11 is 0. The number of aromatic nitrogens is 3. The van der Waals surface area contributed by atoms with Gasteiger partial charge >= 0.3 is 0 Å². The highest BCUT2D eigenvalue weighted by molar-refractivity contribution is 6.26. The Balaban J connectivity index is 1.25. The zero-order valence-electron chi connectivity index (χ0n) is 53.1. The zero-order chi connectivity index (χ0) is 65.1. The summed E-state index contributed by atoms with van der Waals surface area (Å²) in [7, 11) is 0. The predicted octanol–water partition coefficient (Wildman–Crippen LogP) is 4.89. The summed E-state index contributed by atoms with van der Waals surface area (Å²) in [5.41, 5.74) is 16.8. The molecular formula is C66H101N15O9. The lowest BCUT2D eigenvalue weighted by atomic mass is 10.0. The van der Waals surface area contributed by atoms with Crippen LogP contribution in [0.3, 0.4) is 0 Å². The number of rotatable bonds is 48. The topological polar surface area (TPSA) is 371 Å². The van der Waals surface area contributed by atoms with E-state index in [9.17, 15) is 43.2 Å². The number of nitrogens with one attached hydrogen (secondary N) is 11. The fraction of sp³-hybridized carbons (Fsp3) is 0.561. The monoisotopic (exact) mass is 1250 g/mol. The number of primary amides is 1. The maximum Gasteiger partial charge on any atom is 0.264 e. The standard InChI is InChI=1S/C66H101N15O9/c1-4-6-8-9-10-11-12-13-14-15-16-17-18-19-23-35-58(82)70-37-28-38-71-59(83)44-74-75-45-60(84)77-53(32-7-5-2)63(87)76-47(3)62(86)80-57(41-50-43-69-46-73-50)66(90)81-56(39-48-29-21-20-22-30-48)65(89)78-54(34-26-27-36-67)64(88)79-55(61(68)85)40-49-42-72-52-33-25-24-31-51(49)52/h13-14,20-22,24-25,29-31,33,42-44,46-47,53-57,72,75H,4-12,15-19,23,26-28,32,34-41,45,67H2,1-3H3,(H2,68,85)(H,69,73)(H,70,82)(H,71,83)(H,76,87)(H,77,84)(H,78,89)(H,79,88)(H,80,86)(H,81,90)/b14-13-,74-44+/t47-,53-,54-,55-,56+,57-/m0/s1. The molecule has 0 radical (unpaired) electrons. The number of hydrogen-bond donors (Lipinski definition) is 13. The van der Waals surface area contributed by atoms with Crippen LogP contribution in [0.15, 0.2) is 90.6 Å². The van der Waals surface area contributed by atoms with E-state index in [1.165, 1.54) is 70.8 Å². The number of nitrogens with zero attached hydrogens (tertiary/aromatic N) is 2. The van der Waals surface area contributed by atoms with E-state index in [0.29, 0.717) is 69.4 Å². The van der Waals surface area contributed by atoms with Gasteiger partial charge in [0.25, 0.3) is 5.91 Å². The van der Waals surface area contributed by atoms with Crippen molar-refractivity contribution in [1.29, 1.82) is 0 Å². The molecule has 0 fully saturated rings. The maximum absolute atomic E-state index is 14.5. The smallest absolute Gasteiger partial charge is 0.264 e. The van der Waals surface area contributed by atoms with E-state index in [1.807, 2.05) is 31.2 Å². The minimum atomic E-state index is -1.33. The van der Waals surface area contributed by atoms with Gasteiger partial charge in [-0.3, -0.25) is 43.2 Å². The first-order valence-electron chi connectivity index (χ1n) is 32.4. The maximum atomic E-state index is 14.5. The average molecular weight is 1250 g/mol. The van der Waals surface area contributed by atoms with Gasteiger partial charge in [-0.15, -0.1) is 0 Å². The van der Waals surface area contributed by atoms with Crippen molar-refractivity contribution in [3.05, 3.63) is 102 Å². The summed E-state index contributed by atoms with van der Waals surface area (Å²) in [4.78, 5) is 131. The fourth-order valence-electron chi connectivity index (χ4n) is 10.0. The van der Waals surface area contributed by atoms with Crippen LogP contribution in [0.1, 0.15) is 172 Å². The Hall–Kier alpha value is -8.41. The number of allylic oxidation sites excluding steroid dienone is 2. The van der Waals surface area contributed by atoms with Crippen LogP contribution in [0, 0.1) is 0 Å². The largest absolute Gasteiger partial charge is 0.368 e. The molecule has 0 saturated carbocycles. The summed E-state index contributed by atoms with van der Waals surface area (Å²) < 4.78 is 0. The quantitative estimate of drug-likeness (QED) is 0.0122. The molecule has 494 valence electrons. The molecule has 0 aliphatic carbocycles. The van der Waals surface area contributed by atoms with Crippen LogP contribution in [-0.4, -0.2) is 137 Å². The minimum absolute atomic E-state index is 0.0102. The van der Waals surface area contributed by atoms with Crippen LogP contribution in [0.5, 0.6) is 0 Å². The van der Waals surface area contributed by atoms with Gasteiger partial charge in [-0.2, -0.15) is 5.10 Å². The van der Waals surface area contributed by atoms with Gasteiger partial charge in [0.05, 0.1) is 6.33 Å². The third-order valence-electron chi connectivity index (χ3n) is 15.3. The van der Waals surface area contributed by atoms with Gasteiger partial charge < -0.3 is 69.4 Å². The number of amides is 9. The zero-order valence-corrected chi connectivity index (χ0v) is 53.1. The minimum Gasteiger partial charge on any atom is -0.368 e. The van der Waals surface area contributed by atoms with E-state index in [1.54, 1.807) is 36.5 Å². The van der Waals surface area contributed by atoms with Crippen LogP contribution in [0.25, 0.3) is 10.9 Å². The number of benzene rings is 2. The number of aromatic amines is 2. The summed E-state index contributed by atoms with van der Waals surface area (Å²) in [5.74, 6) is -5.50. The number of H-pyrrole nitrogens is 2. The molecule has 0 unspecified atom stereocenters. The molecule has 2 aromatic heterocycles. The summed E-state index contributed by atoms with van der Waals surface area (Å²) in [6.45, 7) is 6.23. The lowest BCUT2D eigenvalue weighted by molar-refractivity contribution is -0.135. The number of hydrazone groups is 1. The fourth-order valence-corrected chi connectivity index (χ4v) is 10.0. The molecule has 2 heterocycles. The van der Waals surface area contributed by atoms with Crippen molar-refractivity contribution in [2.45, 2.75) is 211 Å². The summed E-state index contributed by atoms with van der Waals surface area (Å²) in [6, 6.07) is 9.12. The molecule has 0 aliphatic rings. The van der Waals surface area contributed by atoms with E-state index < -0.39 is 83.5 Å². The Morgan fingerprint density at radius 2 is 1.16 bits per heavy atom. The molecule has 4 aromatic rings. The lowest BCUT2D eigenvalue weighted by Crippen LogP contribution is -2.60. The van der Waals surface area contributed by atoms with Crippen LogP contribution in [-0.2, 0) is 62.4 Å². The third-order valence-corrected chi connectivity index (χ3v) is 15.3. The molecule has 0 aliphatic heterocycles. The molecule has 6 atom stereocenters. The number of nitrogens with two attached hydrogens (primary N) is 2. The Bertz CT molecular complexity index is 2840. The second kappa shape index (κ2) is 44.1. The van der Waals surface area contributed by atoms with Crippen LogP contribution < -0.4 is 59.4 Å². The Kier molecular flexibility index (Phi) is 36.3.